The molecular weight excluding hydrogens is 320 g/mol. The van der Waals surface area contributed by atoms with Crippen LogP contribution < -0.4 is 10.9 Å². The minimum atomic E-state index is -0.129. The van der Waals surface area contributed by atoms with Crippen molar-refractivity contribution in [3.63, 3.8) is 0 Å². The SMILES string of the molecule is C=CCn1ncc(NCC2CCCN(C)C2)c(Br)c1=O. The monoisotopic (exact) mass is 340 g/mol. The summed E-state index contributed by atoms with van der Waals surface area (Å²) in [6.07, 6.45) is 5.83. The van der Waals surface area contributed by atoms with E-state index in [-0.39, 0.29) is 5.56 Å². The van der Waals surface area contributed by atoms with Crippen LogP contribution >= 0.6 is 15.9 Å². The van der Waals surface area contributed by atoms with Gasteiger partial charge in [0.15, 0.2) is 0 Å². The molecule has 0 amide bonds. The third-order valence-electron chi connectivity index (χ3n) is 3.59. The zero-order chi connectivity index (χ0) is 14.5. The second-order valence-electron chi connectivity index (χ2n) is 5.30. The summed E-state index contributed by atoms with van der Waals surface area (Å²) in [5, 5.41) is 7.48. The number of hydrogen-bond acceptors (Lipinski definition) is 4. The maximum atomic E-state index is 12.0. The van der Waals surface area contributed by atoms with Gasteiger partial charge in [0.05, 0.1) is 18.4 Å². The number of hydrogen-bond donors (Lipinski definition) is 1. The molecule has 0 aromatic carbocycles. The van der Waals surface area contributed by atoms with Crippen molar-refractivity contribution in [2.45, 2.75) is 19.4 Å². The van der Waals surface area contributed by atoms with E-state index in [1.54, 1.807) is 12.3 Å². The van der Waals surface area contributed by atoms with Crippen LogP contribution in [-0.2, 0) is 6.54 Å². The Morgan fingerprint density at radius 3 is 3.15 bits per heavy atom. The molecule has 1 aliphatic rings. The smallest absolute Gasteiger partial charge is 0.283 e. The molecule has 1 saturated heterocycles. The summed E-state index contributed by atoms with van der Waals surface area (Å²) in [4.78, 5) is 14.4. The summed E-state index contributed by atoms with van der Waals surface area (Å²) in [6.45, 7) is 7.19. The first kappa shape index (κ1) is 15.3. The number of aromatic nitrogens is 2. The van der Waals surface area contributed by atoms with Crippen molar-refractivity contribution in [3.05, 3.63) is 33.7 Å². The third kappa shape index (κ3) is 3.70. The fourth-order valence-electron chi connectivity index (χ4n) is 2.53. The Balaban J connectivity index is 2.01. The summed E-state index contributed by atoms with van der Waals surface area (Å²) >= 11 is 3.36. The van der Waals surface area contributed by atoms with Crippen LogP contribution in [0.5, 0.6) is 0 Å². The minimum absolute atomic E-state index is 0.129. The van der Waals surface area contributed by atoms with Gasteiger partial charge in [-0.05, 0) is 48.3 Å². The number of rotatable bonds is 5. The van der Waals surface area contributed by atoms with Crippen LogP contribution in [0.3, 0.4) is 0 Å². The Morgan fingerprint density at radius 2 is 2.45 bits per heavy atom. The summed E-state index contributed by atoms with van der Waals surface area (Å²) in [6, 6.07) is 0. The maximum absolute atomic E-state index is 12.0. The lowest BCUT2D eigenvalue weighted by Crippen LogP contribution is -2.35. The average Bonchev–Trinajstić information content (AvgIpc) is 2.43. The van der Waals surface area contributed by atoms with E-state index in [1.807, 2.05) is 0 Å². The highest BCUT2D eigenvalue weighted by molar-refractivity contribution is 9.10. The minimum Gasteiger partial charge on any atom is -0.382 e. The highest BCUT2D eigenvalue weighted by atomic mass is 79.9. The molecule has 2 heterocycles. The summed E-state index contributed by atoms with van der Waals surface area (Å²) in [7, 11) is 2.15. The Morgan fingerprint density at radius 1 is 1.65 bits per heavy atom. The number of likely N-dealkylation sites (tertiary alicyclic amines) is 1. The molecule has 20 heavy (non-hydrogen) atoms. The molecule has 1 atom stereocenters. The van der Waals surface area contributed by atoms with Crippen molar-refractivity contribution in [1.82, 2.24) is 14.7 Å². The van der Waals surface area contributed by atoms with Gasteiger partial charge in [-0.1, -0.05) is 6.08 Å². The molecule has 1 aliphatic heterocycles. The van der Waals surface area contributed by atoms with Crippen molar-refractivity contribution in [1.29, 1.82) is 0 Å². The molecule has 0 saturated carbocycles. The van der Waals surface area contributed by atoms with Gasteiger partial charge in [0.2, 0.25) is 0 Å². The molecule has 1 aromatic rings. The molecule has 0 radical (unpaired) electrons. The topological polar surface area (TPSA) is 50.2 Å². The second kappa shape index (κ2) is 7.04. The molecule has 0 bridgehead atoms. The molecular formula is C14H21BrN4O. The lowest BCUT2D eigenvalue weighted by Gasteiger charge is -2.30. The van der Waals surface area contributed by atoms with Gasteiger partial charge in [-0.3, -0.25) is 4.79 Å². The molecule has 1 N–H and O–H groups in total. The molecule has 0 spiro atoms. The Labute approximate surface area is 127 Å². The van der Waals surface area contributed by atoms with Crippen molar-refractivity contribution in [3.8, 4) is 0 Å². The van der Waals surface area contributed by atoms with E-state index in [4.69, 9.17) is 0 Å². The maximum Gasteiger partial charge on any atom is 0.283 e. The third-order valence-corrected chi connectivity index (χ3v) is 4.36. The molecule has 1 fully saturated rings. The molecule has 2 rings (SSSR count). The predicted molar refractivity (Wildman–Crippen MR) is 85.1 cm³/mol. The Hall–Kier alpha value is -1.14. The van der Waals surface area contributed by atoms with Gasteiger partial charge in [0.25, 0.3) is 5.56 Å². The Bertz CT molecular complexity index is 528. The van der Waals surface area contributed by atoms with E-state index in [0.29, 0.717) is 16.9 Å². The van der Waals surface area contributed by atoms with Crippen LogP contribution in [0.25, 0.3) is 0 Å². The second-order valence-corrected chi connectivity index (χ2v) is 6.09. The standard InChI is InChI=1S/C14H21BrN4O/c1-3-6-19-14(20)13(15)12(9-17-19)16-8-11-5-4-7-18(2)10-11/h3,9,11,16H,1,4-8,10H2,2H3. The van der Waals surface area contributed by atoms with E-state index in [9.17, 15) is 4.79 Å². The number of piperidine rings is 1. The lowest BCUT2D eigenvalue weighted by atomic mass is 9.98. The number of anilines is 1. The van der Waals surface area contributed by atoms with E-state index < -0.39 is 0 Å². The first-order valence-corrected chi connectivity index (χ1v) is 7.70. The van der Waals surface area contributed by atoms with Crippen molar-refractivity contribution >= 4 is 21.6 Å². The van der Waals surface area contributed by atoms with Crippen LogP contribution in [0.4, 0.5) is 5.69 Å². The average molecular weight is 341 g/mol. The van der Waals surface area contributed by atoms with E-state index >= 15 is 0 Å². The van der Waals surface area contributed by atoms with Gasteiger partial charge in [-0.15, -0.1) is 6.58 Å². The summed E-state index contributed by atoms with van der Waals surface area (Å²) in [5.74, 6) is 0.622. The normalized spacial score (nSPS) is 19.8. The highest BCUT2D eigenvalue weighted by Crippen LogP contribution is 2.19. The highest BCUT2D eigenvalue weighted by Gasteiger charge is 2.17. The quantitative estimate of drug-likeness (QED) is 0.832. The first-order chi connectivity index (χ1) is 9.61. The van der Waals surface area contributed by atoms with Crippen LogP contribution in [0.1, 0.15) is 12.8 Å². The molecule has 1 unspecified atom stereocenters. The van der Waals surface area contributed by atoms with Gasteiger partial charge >= 0.3 is 0 Å². The van der Waals surface area contributed by atoms with Crippen molar-refractivity contribution in [2.75, 3.05) is 32.0 Å². The van der Waals surface area contributed by atoms with Gasteiger partial charge in [-0.2, -0.15) is 5.10 Å². The zero-order valence-corrected chi connectivity index (χ0v) is 13.4. The number of halogens is 1. The zero-order valence-electron chi connectivity index (χ0n) is 11.8. The first-order valence-electron chi connectivity index (χ1n) is 6.90. The van der Waals surface area contributed by atoms with Crippen LogP contribution in [-0.4, -0.2) is 41.4 Å². The summed E-state index contributed by atoms with van der Waals surface area (Å²) in [5.41, 5.74) is 0.638. The molecule has 0 aliphatic carbocycles. The predicted octanol–water partition coefficient (Wildman–Crippen LogP) is 1.95. The van der Waals surface area contributed by atoms with E-state index in [2.05, 4.69) is 44.9 Å². The Kier molecular flexibility index (Phi) is 5.37. The van der Waals surface area contributed by atoms with Crippen LogP contribution in [0.2, 0.25) is 0 Å². The summed E-state index contributed by atoms with van der Waals surface area (Å²) < 4.78 is 1.93. The molecule has 110 valence electrons. The molecule has 5 nitrogen and oxygen atoms in total. The largest absolute Gasteiger partial charge is 0.382 e. The van der Waals surface area contributed by atoms with E-state index in [1.165, 1.54) is 24.1 Å². The van der Waals surface area contributed by atoms with Crippen LogP contribution in [0.15, 0.2) is 28.1 Å². The van der Waals surface area contributed by atoms with Crippen molar-refractivity contribution in [2.24, 2.45) is 5.92 Å². The molecule has 1 aromatic heterocycles. The number of allylic oxidation sites excluding steroid dienone is 1. The van der Waals surface area contributed by atoms with E-state index in [0.717, 1.165) is 18.8 Å². The van der Waals surface area contributed by atoms with Gasteiger partial charge < -0.3 is 10.2 Å². The molecule has 6 heteroatoms. The number of nitrogens with zero attached hydrogens (tertiary/aromatic N) is 3. The van der Waals surface area contributed by atoms with Gasteiger partial charge in [0.1, 0.15) is 4.47 Å². The lowest BCUT2D eigenvalue weighted by molar-refractivity contribution is 0.217. The van der Waals surface area contributed by atoms with Crippen LogP contribution in [0, 0.1) is 5.92 Å². The fourth-order valence-corrected chi connectivity index (χ4v) is 2.98. The van der Waals surface area contributed by atoms with Crippen molar-refractivity contribution < 1.29 is 0 Å². The van der Waals surface area contributed by atoms with Gasteiger partial charge in [0, 0.05) is 13.1 Å². The fraction of sp³-hybridized carbons (Fsp3) is 0.571. The number of nitrogens with one attached hydrogen (secondary N) is 1. The van der Waals surface area contributed by atoms with Gasteiger partial charge in [-0.25, -0.2) is 4.68 Å².